The smallest absolute Gasteiger partial charge is 0.306 e. The zero-order chi connectivity index (χ0) is 33.6. The van der Waals surface area contributed by atoms with Gasteiger partial charge in [-0.25, -0.2) is 0 Å². The van der Waals surface area contributed by atoms with E-state index in [4.69, 9.17) is 23.7 Å². The molecule has 7 heteroatoms. The van der Waals surface area contributed by atoms with Gasteiger partial charge in [0.2, 0.25) is 0 Å². The van der Waals surface area contributed by atoms with E-state index >= 15 is 0 Å². The van der Waals surface area contributed by atoms with Crippen molar-refractivity contribution in [2.75, 3.05) is 0 Å². The Hall–Kier alpha value is -3.85. The maximum Gasteiger partial charge on any atom is 0.306 e. The van der Waals surface area contributed by atoms with Crippen LogP contribution in [0.2, 0.25) is 0 Å². The fraction of sp³-hybridized carbons (Fsp3) is 0.390. The van der Waals surface area contributed by atoms with Crippen molar-refractivity contribution >= 4 is 5.97 Å². The highest BCUT2D eigenvalue weighted by molar-refractivity contribution is 5.69. The van der Waals surface area contributed by atoms with Crippen LogP contribution in [0.5, 0.6) is 0 Å². The third-order valence-corrected chi connectivity index (χ3v) is 8.72. The lowest BCUT2D eigenvalue weighted by atomic mass is 9.71. The molecule has 7 nitrogen and oxygen atoms in total. The molecule has 0 amide bonds. The molecule has 0 bridgehead atoms. The van der Waals surface area contributed by atoms with Crippen molar-refractivity contribution in [1.82, 2.24) is 0 Å². The van der Waals surface area contributed by atoms with E-state index < -0.39 is 42.1 Å². The van der Waals surface area contributed by atoms with Crippen molar-refractivity contribution in [3.8, 4) is 0 Å². The highest BCUT2D eigenvalue weighted by Crippen LogP contribution is 2.42. The second-order valence-corrected chi connectivity index (χ2v) is 12.4. The SMILES string of the molecule is CCCC(=O)OC1C(OCc2ccccc2)C(OCc2ccccc2)C(OCc2ccccc2)C(OCc2ccccc2)C1(O)CCC. The van der Waals surface area contributed by atoms with Crippen LogP contribution < -0.4 is 0 Å². The fourth-order valence-electron chi connectivity index (χ4n) is 6.37. The summed E-state index contributed by atoms with van der Waals surface area (Å²) >= 11 is 0. The molecule has 0 aromatic heterocycles. The summed E-state index contributed by atoms with van der Waals surface area (Å²) < 4.78 is 33.2. The number of rotatable bonds is 17. The molecule has 0 saturated heterocycles. The third-order valence-electron chi connectivity index (χ3n) is 8.72. The molecule has 1 aliphatic rings. The Morgan fingerprint density at radius 2 is 0.917 bits per heavy atom. The Morgan fingerprint density at radius 1 is 0.542 bits per heavy atom. The molecule has 1 fully saturated rings. The van der Waals surface area contributed by atoms with Crippen LogP contribution in [0.15, 0.2) is 121 Å². The second kappa shape index (κ2) is 18.1. The van der Waals surface area contributed by atoms with E-state index in [2.05, 4.69) is 0 Å². The van der Waals surface area contributed by atoms with Crippen molar-refractivity contribution < 1.29 is 33.6 Å². The molecule has 1 aliphatic carbocycles. The van der Waals surface area contributed by atoms with Crippen LogP contribution in [0.25, 0.3) is 0 Å². The number of carbonyl (C=O) groups excluding carboxylic acids is 1. The summed E-state index contributed by atoms with van der Waals surface area (Å²) in [5.74, 6) is -0.405. The molecule has 48 heavy (non-hydrogen) atoms. The first-order chi connectivity index (χ1) is 23.5. The first kappa shape index (κ1) is 35.5. The van der Waals surface area contributed by atoms with Crippen LogP contribution in [-0.4, -0.2) is 47.2 Å². The van der Waals surface area contributed by atoms with Crippen molar-refractivity contribution in [2.24, 2.45) is 0 Å². The number of ether oxygens (including phenoxy) is 5. The summed E-state index contributed by atoms with van der Waals surface area (Å²) in [5.41, 5.74) is 2.18. The predicted octanol–water partition coefficient (Wildman–Crippen LogP) is 7.58. The van der Waals surface area contributed by atoms with Gasteiger partial charge in [0.1, 0.15) is 30.0 Å². The monoisotopic (exact) mass is 652 g/mol. The van der Waals surface area contributed by atoms with E-state index in [1.54, 1.807) is 0 Å². The Labute approximate surface area is 284 Å². The Bertz CT molecular complexity index is 1480. The van der Waals surface area contributed by atoms with Crippen LogP contribution in [0.3, 0.4) is 0 Å². The summed E-state index contributed by atoms with van der Waals surface area (Å²) in [6.07, 6.45) is -2.71. The Kier molecular flexibility index (Phi) is 13.3. The number of benzene rings is 4. The van der Waals surface area contributed by atoms with E-state index in [1.165, 1.54) is 0 Å². The normalized spacial score (nSPS) is 23.9. The standard InChI is InChI=1S/C41H48O7/c1-3-17-35(42)48-40-38(46-29-33-22-13-7-14-23-33)36(44-27-31-18-9-5-10-19-31)37(45-28-32-20-11-6-12-21-32)39(41(40,43)26-4-2)47-30-34-24-15-8-16-25-34/h5-16,18-25,36-40,43H,3-4,17,26-30H2,1-2H3. The molecule has 4 aromatic rings. The van der Waals surface area contributed by atoms with Gasteiger partial charge in [0.15, 0.2) is 6.10 Å². The maximum absolute atomic E-state index is 13.3. The highest BCUT2D eigenvalue weighted by atomic mass is 16.6. The van der Waals surface area contributed by atoms with Gasteiger partial charge in [0.05, 0.1) is 26.4 Å². The van der Waals surface area contributed by atoms with Crippen molar-refractivity contribution in [2.45, 2.75) is 102 Å². The number of carbonyl (C=O) groups is 1. The summed E-state index contributed by atoms with van der Waals surface area (Å²) in [5, 5.41) is 12.9. The van der Waals surface area contributed by atoms with Gasteiger partial charge in [-0.15, -0.1) is 0 Å². The number of esters is 1. The molecular formula is C41H48O7. The van der Waals surface area contributed by atoms with Crippen LogP contribution in [-0.2, 0) is 54.9 Å². The van der Waals surface area contributed by atoms with E-state index in [9.17, 15) is 9.90 Å². The molecular weight excluding hydrogens is 604 g/mol. The molecule has 1 N–H and O–H groups in total. The second-order valence-electron chi connectivity index (χ2n) is 12.4. The minimum Gasteiger partial charge on any atom is -0.456 e. The van der Waals surface area contributed by atoms with Crippen LogP contribution in [0, 0.1) is 0 Å². The van der Waals surface area contributed by atoms with Gasteiger partial charge in [0.25, 0.3) is 0 Å². The molecule has 6 unspecified atom stereocenters. The summed E-state index contributed by atoms with van der Waals surface area (Å²) in [4.78, 5) is 13.3. The molecule has 254 valence electrons. The summed E-state index contributed by atoms with van der Waals surface area (Å²) in [6, 6.07) is 39.4. The van der Waals surface area contributed by atoms with E-state index in [-0.39, 0.29) is 32.8 Å². The van der Waals surface area contributed by atoms with Crippen molar-refractivity contribution in [3.05, 3.63) is 144 Å². The molecule has 0 heterocycles. The molecule has 6 atom stereocenters. The van der Waals surface area contributed by atoms with E-state index in [1.807, 2.05) is 135 Å². The minimum absolute atomic E-state index is 0.211. The lowest BCUT2D eigenvalue weighted by molar-refractivity contribution is -0.311. The van der Waals surface area contributed by atoms with Gasteiger partial charge in [0, 0.05) is 6.42 Å². The van der Waals surface area contributed by atoms with E-state index in [0.29, 0.717) is 19.3 Å². The molecule has 0 radical (unpaired) electrons. The third kappa shape index (κ3) is 9.40. The van der Waals surface area contributed by atoms with Crippen LogP contribution in [0.1, 0.15) is 61.8 Å². The first-order valence-electron chi connectivity index (χ1n) is 17.1. The average molecular weight is 653 g/mol. The lowest BCUT2D eigenvalue weighted by Gasteiger charge is -2.54. The van der Waals surface area contributed by atoms with E-state index in [0.717, 1.165) is 22.3 Å². The molecule has 4 aromatic carbocycles. The van der Waals surface area contributed by atoms with Crippen molar-refractivity contribution in [3.63, 3.8) is 0 Å². The van der Waals surface area contributed by atoms with Gasteiger partial charge in [-0.2, -0.15) is 0 Å². The zero-order valence-corrected chi connectivity index (χ0v) is 28.0. The maximum atomic E-state index is 13.3. The number of aliphatic hydroxyl groups is 1. The molecule has 0 aliphatic heterocycles. The summed E-state index contributed by atoms with van der Waals surface area (Å²) in [7, 11) is 0. The highest BCUT2D eigenvalue weighted by Gasteiger charge is 2.62. The Morgan fingerprint density at radius 3 is 1.31 bits per heavy atom. The van der Waals surface area contributed by atoms with Gasteiger partial charge in [-0.3, -0.25) is 4.79 Å². The summed E-state index contributed by atoms with van der Waals surface area (Å²) in [6.45, 7) is 4.88. The minimum atomic E-state index is -1.65. The number of hydrogen-bond donors (Lipinski definition) is 1. The first-order valence-corrected chi connectivity index (χ1v) is 17.1. The van der Waals surface area contributed by atoms with Gasteiger partial charge >= 0.3 is 5.97 Å². The van der Waals surface area contributed by atoms with Gasteiger partial charge in [-0.05, 0) is 35.1 Å². The number of hydrogen-bond acceptors (Lipinski definition) is 7. The van der Waals surface area contributed by atoms with Crippen LogP contribution >= 0.6 is 0 Å². The molecule has 5 rings (SSSR count). The zero-order valence-electron chi connectivity index (χ0n) is 28.0. The lowest BCUT2D eigenvalue weighted by Crippen LogP contribution is -2.73. The fourth-order valence-corrected chi connectivity index (χ4v) is 6.37. The predicted molar refractivity (Wildman–Crippen MR) is 185 cm³/mol. The Balaban J connectivity index is 1.59. The molecule has 1 saturated carbocycles. The quantitative estimate of drug-likeness (QED) is 0.118. The topological polar surface area (TPSA) is 83.5 Å². The molecule has 0 spiro atoms. The largest absolute Gasteiger partial charge is 0.456 e. The average Bonchev–Trinajstić information content (AvgIpc) is 3.12. The van der Waals surface area contributed by atoms with Gasteiger partial charge < -0.3 is 28.8 Å². The van der Waals surface area contributed by atoms with Crippen LogP contribution in [0.4, 0.5) is 0 Å². The van der Waals surface area contributed by atoms with Crippen molar-refractivity contribution in [1.29, 1.82) is 0 Å². The van der Waals surface area contributed by atoms with Gasteiger partial charge in [-0.1, -0.05) is 142 Å².